The second-order valence-corrected chi connectivity index (χ2v) is 10.5. The van der Waals surface area contributed by atoms with Crippen LogP contribution in [0.2, 0.25) is 5.02 Å². The molecule has 1 N–H and O–H groups in total. The van der Waals surface area contributed by atoms with Crippen LogP contribution in [0.25, 0.3) is 11.8 Å². The zero-order valence-electron chi connectivity index (χ0n) is 17.2. The topological polar surface area (TPSA) is 118 Å². The predicted octanol–water partition coefficient (Wildman–Crippen LogP) is 4.08. The second kappa shape index (κ2) is 9.20. The summed E-state index contributed by atoms with van der Waals surface area (Å²) >= 11 is 6.61. The number of nitrogens with zero attached hydrogens (tertiary/aromatic N) is 4. The van der Waals surface area contributed by atoms with Gasteiger partial charge in [-0.1, -0.05) is 29.9 Å². The van der Waals surface area contributed by atoms with Gasteiger partial charge in [0.25, 0.3) is 5.91 Å². The Balaban J connectivity index is 1.90. The van der Waals surface area contributed by atoms with Crippen molar-refractivity contribution in [3.63, 3.8) is 0 Å². The van der Waals surface area contributed by atoms with Gasteiger partial charge in [0.15, 0.2) is 0 Å². The molecule has 0 bridgehead atoms. The number of hydrogen-bond donors (Lipinski definition) is 1. The van der Waals surface area contributed by atoms with Crippen LogP contribution in [0, 0.1) is 31.0 Å². The SMILES string of the molecule is CCS(=O)(=O)c1nnc(NC(=O)/C(C#N)=C\c2cc(C)n(-c3ccc(F)c(Cl)c3)c2C)s1. The minimum Gasteiger partial charge on any atom is -0.318 e. The number of carbonyl (C=O) groups excluding carboxylic acids is 1. The van der Waals surface area contributed by atoms with Crippen molar-refractivity contribution in [3.8, 4) is 11.8 Å². The van der Waals surface area contributed by atoms with Crippen molar-refractivity contribution in [3.05, 3.63) is 57.6 Å². The summed E-state index contributed by atoms with van der Waals surface area (Å²) in [7, 11) is -3.55. The van der Waals surface area contributed by atoms with E-state index in [0.717, 1.165) is 5.69 Å². The number of rotatable bonds is 6. The molecule has 0 spiro atoms. The molecule has 0 saturated heterocycles. The van der Waals surface area contributed by atoms with E-state index in [9.17, 15) is 22.9 Å². The number of aromatic nitrogens is 3. The minimum absolute atomic E-state index is 0.0225. The molecular formula is C20H17ClFN5O3S2. The quantitative estimate of drug-likeness (QED) is 0.314. The highest BCUT2D eigenvalue weighted by Crippen LogP contribution is 2.26. The van der Waals surface area contributed by atoms with Crippen LogP contribution in [0.15, 0.2) is 34.2 Å². The largest absolute Gasteiger partial charge is 0.318 e. The Morgan fingerprint density at radius 1 is 1.34 bits per heavy atom. The lowest BCUT2D eigenvalue weighted by Crippen LogP contribution is -2.13. The van der Waals surface area contributed by atoms with Gasteiger partial charge in [0.2, 0.25) is 19.3 Å². The van der Waals surface area contributed by atoms with Crippen molar-refractivity contribution >= 4 is 49.9 Å². The molecule has 1 aromatic carbocycles. The number of nitriles is 1. The van der Waals surface area contributed by atoms with Crippen LogP contribution in [0.4, 0.5) is 9.52 Å². The highest BCUT2D eigenvalue weighted by Gasteiger charge is 2.20. The van der Waals surface area contributed by atoms with E-state index in [4.69, 9.17) is 11.6 Å². The zero-order chi connectivity index (χ0) is 23.6. The molecule has 2 aromatic heterocycles. The Hall–Kier alpha value is -3.07. The lowest BCUT2D eigenvalue weighted by Gasteiger charge is -2.10. The van der Waals surface area contributed by atoms with Crippen molar-refractivity contribution < 1.29 is 17.6 Å². The van der Waals surface area contributed by atoms with Crippen LogP contribution in [0.3, 0.4) is 0 Å². The molecule has 12 heteroatoms. The molecule has 3 aromatic rings. The molecule has 0 atom stereocenters. The molecule has 0 fully saturated rings. The van der Waals surface area contributed by atoms with Gasteiger partial charge in [0, 0.05) is 17.1 Å². The highest BCUT2D eigenvalue weighted by atomic mass is 35.5. The maximum absolute atomic E-state index is 13.5. The van der Waals surface area contributed by atoms with Crippen molar-refractivity contribution in [2.45, 2.75) is 25.1 Å². The lowest BCUT2D eigenvalue weighted by atomic mass is 10.1. The number of benzene rings is 1. The van der Waals surface area contributed by atoms with E-state index in [1.807, 2.05) is 17.6 Å². The van der Waals surface area contributed by atoms with E-state index in [1.54, 1.807) is 19.1 Å². The van der Waals surface area contributed by atoms with E-state index < -0.39 is 21.6 Å². The number of hydrogen-bond acceptors (Lipinski definition) is 7. The summed E-state index contributed by atoms with van der Waals surface area (Å²) in [6, 6.07) is 7.93. The molecule has 0 unspecified atom stereocenters. The number of sulfone groups is 1. The van der Waals surface area contributed by atoms with Gasteiger partial charge in [-0.05, 0) is 49.8 Å². The monoisotopic (exact) mass is 493 g/mol. The van der Waals surface area contributed by atoms with E-state index in [2.05, 4.69) is 15.5 Å². The van der Waals surface area contributed by atoms with Crippen molar-refractivity contribution in [2.24, 2.45) is 0 Å². The van der Waals surface area contributed by atoms with Gasteiger partial charge in [0.1, 0.15) is 17.5 Å². The zero-order valence-corrected chi connectivity index (χ0v) is 19.6. The number of carbonyl (C=O) groups is 1. The normalized spacial score (nSPS) is 11.9. The first kappa shape index (κ1) is 23.6. The van der Waals surface area contributed by atoms with E-state index in [-0.39, 0.29) is 25.8 Å². The first-order valence-electron chi connectivity index (χ1n) is 9.21. The number of nitrogens with one attached hydrogen (secondary N) is 1. The van der Waals surface area contributed by atoms with Crippen LogP contribution in [0.1, 0.15) is 23.9 Å². The van der Waals surface area contributed by atoms with Gasteiger partial charge in [0.05, 0.1) is 10.8 Å². The molecule has 0 aliphatic carbocycles. The average Bonchev–Trinajstić information content (AvgIpc) is 3.33. The number of aryl methyl sites for hydroxylation is 1. The summed E-state index contributed by atoms with van der Waals surface area (Å²) in [6.45, 7) is 5.09. The van der Waals surface area contributed by atoms with Gasteiger partial charge in [-0.15, -0.1) is 10.2 Å². The summed E-state index contributed by atoms with van der Waals surface area (Å²) in [5.41, 5.74) is 2.51. The molecule has 166 valence electrons. The Kier molecular flexibility index (Phi) is 6.78. The third-order valence-corrected chi connectivity index (χ3v) is 7.88. The number of halogens is 2. The first-order chi connectivity index (χ1) is 15.1. The third kappa shape index (κ3) is 4.72. The Morgan fingerprint density at radius 3 is 2.69 bits per heavy atom. The number of anilines is 1. The molecule has 0 aliphatic heterocycles. The molecule has 8 nitrogen and oxygen atoms in total. The maximum atomic E-state index is 13.5. The third-order valence-electron chi connectivity index (χ3n) is 4.57. The fourth-order valence-corrected chi connectivity index (χ4v) is 5.09. The average molecular weight is 494 g/mol. The first-order valence-corrected chi connectivity index (χ1v) is 12.1. The Labute approximate surface area is 192 Å². The van der Waals surface area contributed by atoms with Gasteiger partial charge in [-0.2, -0.15) is 5.26 Å². The summed E-state index contributed by atoms with van der Waals surface area (Å²) in [6.07, 6.45) is 1.41. The number of amides is 1. The highest BCUT2D eigenvalue weighted by molar-refractivity contribution is 7.93. The van der Waals surface area contributed by atoms with Crippen LogP contribution < -0.4 is 5.32 Å². The molecular weight excluding hydrogens is 477 g/mol. The van der Waals surface area contributed by atoms with Crippen LogP contribution in [-0.2, 0) is 14.6 Å². The van der Waals surface area contributed by atoms with Crippen molar-refractivity contribution in [1.82, 2.24) is 14.8 Å². The molecule has 0 saturated carbocycles. The van der Waals surface area contributed by atoms with Crippen LogP contribution in [0.5, 0.6) is 0 Å². The summed E-state index contributed by atoms with van der Waals surface area (Å²) in [4.78, 5) is 12.6. The van der Waals surface area contributed by atoms with Gasteiger partial charge in [-0.25, -0.2) is 12.8 Å². The molecule has 0 radical (unpaired) electrons. The Morgan fingerprint density at radius 2 is 2.06 bits per heavy atom. The smallest absolute Gasteiger partial charge is 0.268 e. The fraction of sp³-hybridized carbons (Fsp3) is 0.200. The lowest BCUT2D eigenvalue weighted by molar-refractivity contribution is -0.112. The summed E-state index contributed by atoms with van der Waals surface area (Å²) in [5.74, 6) is -1.43. The molecule has 0 aliphatic rings. The minimum atomic E-state index is -3.55. The summed E-state index contributed by atoms with van der Waals surface area (Å²) < 4.78 is 38.8. The van der Waals surface area contributed by atoms with E-state index in [1.165, 1.54) is 25.1 Å². The van der Waals surface area contributed by atoms with Gasteiger partial charge >= 0.3 is 0 Å². The van der Waals surface area contributed by atoms with E-state index in [0.29, 0.717) is 28.3 Å². The van der Waals surface area contributed by atoms with Crippen molar-refractivity contribution in [1.29, 1.82) is 5.26 Å². The predicted molar refractivity (Wildman–Crippen MR) is 120 cm³/mol. The molecule has 1 amide bonds. The molecule has 3 rings (SSSR count). The van der Waals surface area contributed by atoms with Crippen LogP contribution >= 0.6 is 22.9 Å². The van der Waals surface area contributed by atoms with Gasteiger partial charge in [-0.3, -0.25) is 10.1 Å². The Bertz CT molecular complexity index is 1390. The summed E-state index contributed by atoms with van der Waals surface area (Å²) in [5, 5.41) is 19.1. The molecule has 2 heterocycles. The maximum Gasteiger partial charge on any atom is 0.268 e. The van der Waals surface area contributed by atoms with E-state index >= 15 is 0 Å². The van der Waals surface area contributed by atoms with Crippen LogP contribution in [-0.4, -0.2) is 34.8 Å². The second-order valence-electron chi connectivity index (χ2n) is 6.66. The molecule has 32 heavy (non-hydrogen) atoms. The van der Waals surface area contributed by atoms with Gasteiger partial charge < -0.3 is 4.57 Å². The standard InChI is InChI=1S/C20H17ClFN5O3S2/c1-4-32(29,30)20-26-25-19(31-20)24-18(28)14(10-23)8-13-7-11(2)27(12(13)3)15-5-6-17(22)16(21)9-15/h5-9H,4H2,1-3H3,(H,24,25,28)/b14-8-. The van der Waals surface area contributed by atoms with Crippen molar-refractivity contribution in [2.75, 3.05) is 11.1 Å². The fourth-order valence-electron chi connectivity index (χ4n) is 2.93.